The van der Waals surface area contributed by atoms with E-state index in [1.54, 1.807) is 0 Å². The number of hydrogen-bond donors (Lipinski definition) is 0. The van der Waals surface area contributed by atoms with Crippen LogP contribution in [0.5, 0.6) is 0 Å². The molecule has 0 saturated heterocycles. The standard InChI is InChI=1S/C15H23/c1-3-4-5-6-8-11-14(2)15-12-9-7-10-13-15/h7,9,12-14H,3-6,8,11H2,1-2H3. The summed E-state index contributed by atoms with van der Waals surface area (Å²) < 4.78 is 0. The molecule has 15 heavy (non-hydrogen) atoms. The Balaban J connectivity index is 2.16. The second-order valence-corrected chi connectivity index (χ2v) is 4.44. The number of unbranched alkanes of at least 4 members (excludes halogenated alkanes) is 4. The maximum Gasteiger partial charge on any atom is -0.0181 e. The molecule has 0 aliphatic carbocycles. The average molecular weight is 203 g/mol. The second-order valence-electron chi connectivity index (χ2n) is 4.44. The van der Waals surface area contributed by atoms with Gasteiger partial charge in [-0.05, 0) is 24.0 Å². The summed E-state index contributed by atoms with van der Waals surface area (Å²) in [6.45, 7) is 4.59. The summed E-state index contributed by atoms with van der Waals surface area (Å²) in [5, 5.41) is 0. The first-order valence-corrected chi connectivity index (χ1v) is 6.30. The molecule has 83 valence electrons. The van der Waals surface area contributed by atoms with Crippen LogP contribution < -0.4 is 0 Å². The minimum Gasteiger partial charge on any atom is -0.0654 e. The van der Waals surface area contributed by atoms with Gasteiger partial charge in [0.2, 0.25) is 0 Å². The molecule has 0 fully saturated rings. The lowest BCUT2D eigenvalue weighted by molar-refractivity contribution is 0.567. The fraction of sp³-hybridized carbons (Fsp3) is 0.600. The molecule has 0 saturated carbocycles. The summed E-state index contributed by atoms with van der Waals surface area (Å²) in [7, 11) is 0. The lowest BCUT2D eigenvalue weighted by Crippen LogP contribution is -1.93. The van der Waals surface area contributed by atoms with E-state index in [0.717, 1.165) is 0 Å². The van der Waals surface area contributed by atoms with Gasteiger partial charge in [0.1, 0.15) is 0 Å². The normalized spacial score (nSPS) is 12.7. The van der Waals surface area contributed by atoms with Gasteiger partial charge in [-0.2, -0.15) is 0 Å². The average Bonchev–Trinajstić information content (AvgIpc) is 2.30. The van der Waals surface area contributed by atoms with Crippen LogP contribution in [0.2, 0.25) is 0 Å². The largest absolute Gasteiger partial charge is 0.0654 e. The maximum absolute atomic E-state index is 3.15. The first-order chi connectivity index (χ1) is 7.34. The van der Waals surface area contributed by atoms with Crippen LogP contribution in [0.15, 0.2) is 24.3 Å². The third-order valence-corrected chi connectivity index (χ3v) is 3.04. The molecule has 0 aliphatic heterocycles. The SMILES string of the molecule is CCCCCCCC(C)c1c[c]ccc1. The molecule has 1 unspecified atom stereocenters. The van der Waals surface area contributed by atoms with Crippen molar-refractivity contribution in [1.29, 1.82) is 0 Å². The highest BCUT2D eigenvalue weighted by molar-refractivity contribution is 5.17. The van der Waals surface area contributed by atoms with Crippen LogP contribution >= 0.6 is 0 Å². The Labute approximate surface area is 94.7 Å². The molecule has 1 radical (unpaired) electrons. The summed E-state index contributed by atoms with van der Waals surface area (Å²) >= 11 is 0. The summed E-state index contributed by atoms with van der Waals surface area (Å²) in [5.41, 5.74) is 1.44. The lowest BCUT2D eigenvalue weighted by atomic mass is 9.95. The van der Waals surface area contributed by atoms with Crippen molar-refractivity contribution in [2.45, 2.75) is 58.3 Å². The van der Waals surface area contributed by atoms with E-state index in [0.29, 0.717) is 5.92 Å². The van der Waals surface area contributed by atoms with Gasteiger partial charge in [0.15, 0.2) is 0 Å². The van der Waals surface area contributed by atoms with Crippen LogP contribution in [0, 0.1) is 6.07 Å². The van der Waals surface area contributed by atoms with Gasteiger partial charge in [-0.15, -0.1) is 0 Å². The molecule has 0 nitrogen and oxygen atoms in total. The topological polar surface area (TPSA) is 0 Å². The zero-order valence-corrected chi connectivity index (χ0v) is 10.1. The number of hydrogen-bond acceptors (Lipinski definition) is 0. The molecule has 0 amide bonds. The zero-order valence-electron chi connectivity index (χ0n) is 10.1. The van der Waals surface area contributed by atoms with Crippen LogP contribution in [0.25, 0.3) is 0 Å². The van der Waals surface area contributed by atoms with Crippen molar-refractivity contribution >= 4 is 0 Å². The Morgan fingerprint density at radius 2 is 2.00 bits per heavy atom. The van der Waals surface area contributed by atoms with Crippen LogP contribution in [0.4, 0.5) is 0 Å². The Morgan fingerprint density at radius 3 is 2.67 bits per heavy atom. The fourth-order valence-corrected chi connectivity index (χ4v) is 1.93. The van der Waals surface area contributed by atoms with Gasteiger partial charge in [0, 0.05) is 0 Å². The van der Waals surface area contributed by atoms with Gasteiger partial charge in [0.25, 0.3) is 0 Å². The van der Waals surface area contributed by atoms with Crippen molar-refractivity contribution < 1.29 is 0 Å². The maximum atomic E-state index is 3.15. The molecule has 0 spiro atoms. The third-order valence-electron chi connectivity index (χ3n) is 3.04. The Hall–Kier alpha value is -0.780. The molecule has 0 heteroatoms. The van der Waals surface area contributed by atoms with Gasteiger partial charge < -0.3 is 0 Å². The summed E-state index contributed by atoms with van der Waals surface area (Å²) in [4.78, 5) is 0. The Morgan fingerprint density at radius 1 is 1.20 bits per heavy atom. The molecule has 0 heterocycles. The minimum absolute atomic E-state index is 0.698. The molecule has 0 bridgehead atoms. The van der Waals surface area contributed by atoms with Crippen LogP contribution in [0.3, 0.4) is 0 Å². The van der Waals surface area contributed by atoms with E-state index in [1.165, 1.54) is 44.1 Å². The summed E-state index contributed by atoms with van der Waals surface area (Å²) in [6.07, 6.45) is 8.23. The highest BCUT2D eigenvalue weighted by Crippen LogP contribution is 2.21. The van der Waals surface area contributed by atoms with Crippen molar-refractivity contribution in [2.75, 3.05) is 0 Å². The molecule has 0 aliphatic rings. The summed E-state index contributed by atoms with van der Waals surface area (Å²) in [5.74, 6) is 0.698. The quantitative estimate of drug-likeness (QED) is 0.550. The highest BCUT2D eigenvalue weighted by Gasteiger charge is 2.03. The van der Waals surface area contributed by atoms with Crippen LogP contribution in [-0.4, -0.2) is 0 Å². The van der Waals surface area contributed by atoms with E-state index in [2.05, 4.69) is 38.1 Å². The van der Waals surface area contributed by atoms with E-state index >= 15 is 0 Å². The minimum atomic E-state index is 0.698. The highest BCUT2D eigenvalue weighted by atomic mass is 14.1. The van der Waals surface area contributed by atoms with E-state index < -0.39 is 0 Å². The Kier molecular flexibility index (Phi) is 6.15. The van der Waals surface area contributed by atoms with Crippen LogP contribution in [-0.2, 0) is 0 Å². The first-order valence-electron chi connectivity index (χ1n) is 6.30. The fourth-order valence-electron chi connectivity index (χ4n) is 1.93. The zero-order chi connectivity index (χ0) is 10.9. The predicted octanol–water partition coefficient (Wildman–Crippen LogP) is 4.95. The van der Waals surface area contributed by atoms with Crippen molar-refractivity contribution in [1.82, 2.24) is 0 Å². The van der Waals surface area contributed by atoms with Gasteiger partial charge in [-0.25, -0.2) is 0 Å². The first kappa shape index (κ1) is 12.3. The molecule has 1 atom stereocenters. The van der Waals surface area contributed by atoms with Crippen molar-refractivity contribution in [3.8, 4) is 0 Å². The Bertz CT molecular complexity index is 237. The smallest absolute Gasteiger partial charge is 0.0181 e. The molecule has 1 aromatic rings. The second kappa shape index (κ2) is 7.50. The van der Waals surface area contributed by atoms with Crippen molar-refractivity contribution in [3.05, 3.63) is 35.9 Å². The molecule has 0 aromatic heterocycles. The molecular weight excluding hydrogens is 180 g/mol. The number of benzene rings is 1. The van der Waals surface area contributed by atoms with Crippen molar-refractivity contribution in [2.24, 2.45) is 0 Å². The van der Waals surface area contributed by atoms with Gasteiger partial charge in [-0.3, -0.25) is 0 Å². The number of rotatable bonds is 7. The lowest BCUT2D eigenvalue weighted by Gasteiger charge is -2.11. The van der Waals surface area contributed by atoms with Gasteiger partial charge in [0.05, 0.1) is 0 Å². The molecular formula is C15H23. The van der Waals surface area contributed by atoms with Crippen molar-refractivity contribution in [3.63, 3.8) is 0 Å². The monoisotopic (exact) mass is 203 g/mol. The third kappa shape index (κ3) is 5.01. The van der Waals surface area contributed by atoms with E-state index in [9.17, 15) is 0 Å². The van der Waals surface area contributed by atoms with Gasteiger partial charge >= 0.3 is 0 Å². The van der Waals surface area contributed by atoms with E-state index in [1.807, 2.05) is 6.07 Å². The van der Waals surface area contributed by atoms with E-state index in [4.69, 9.17) is 0 Å². The van der Waals surface area contributed by atoms with Crippen LogP contribution in [0.1, 0.15) is 63.9 Å². The van der Waals surface area contributed by atoms with Gasteiger partial charge in [-0.1, -0.05) is 70.2 Å². The van der Waals surface area contributed by atoms with E-state index in [-0.39, 0.29) is 0 Å². The molecule has 1 aromatic carbocycles. The molecule has 0 N–H and O–H groups in total. The molecule has 1 rings (SSSR count). The predicted molar refractivity (Wildman–Crippen MR) is 67.1 cm³/mol. The summed E-state index contributed by atoms with van der Waals surface area (Å²) in [6, 6.07) is 11.5.